The number of hydrogen-bond acceptors (Lipinski definition) is 8. The maximum absolute atomic E-state index is 11.8. The molecule has 0 unspecified atom stereocenters. The highest BCUT2D eigenvalue weighted by Gasteiger charge is 2.09. The van der Waals surface area contributed by atoms with Crippen molar-refractivity contribution in [1.82, 2.24) is 20.2 Å². The number of benzene rings is 1. The Morgan fingerprint density at radius 2 is 2.19 bits per heavy atom. The van der Waals surface area contributed by atoms with Gasteiger partial charge in [0.15, 0.2) is 16.7 Å². The summed E-state index contributed by atoms with van der Waals surface area (Å²) in [6.45, 7) is 3.57. The predicted octanol–water partition coefficient (Wildman–Crippen LogP) is 1.38. The molecule has 1 heterocycles. The average Bonchev–Trinajstić information content (AvgIpc) is 3.00. The normalized spacial score (nSPS) is 10.7. The summed E-state index contributed by atoms with van der Waals surface area (Å²) in [5.41, 5.74) is 3.12. The molecule has 26 heavy (non-hydrogen) atoms. The van der Waals surface area contributed by atoms with Crippen molar-refractivity contribution < 1.29 is 19.1 Å². The molecular formula is C16H19N5O4S. The number of aromatic nitrogens is 3. The quantitative estimate of drug-likeness (QED) is 0.243. The Hall–Kier alpha value is -2.88. The Balaban J connectivity index is 1.92. The van der Waals surface area contributed by atoms with Crippen LogP contribution in [0.4, 0.5) is 0 Å². The van der Waals surface area contributed by atoms with Crippen LogP contribution in [0.1, 0.15) is 19.4 Å². The highest BCUT2D eigenvalue weighted by atomic mass is 32.2. The molecular weight excluding hydrogens is 358 g/mol. The van der Waals surface area contributed by atoms with E-state index in [1.807, 2.05) is 6.92 Å². The van der Waals surface area contributed by atoms with Crippen LogP contribution in [0, 0.1) is 0 Å². The van der Waals surface area contributed by atoms with Gasteiger partial charge in [-0.1, -0.05) is 11.8 Å². The number of esters is 1. The van der Waals surface area contributed by atoms with Crippen molar-refractivity contribution in [3.8, 4) is 11.5 Å². The third kappa shape index (κ3) is 5.88. The SMILES string of the molecule is CCOc1cc(/C=N/NC(=O)CSc2nncn2C)ccc1OC(C)=O. The van der Waals surface area contributed by atoms with Crippen molar-refractivity contribution in [2.75, 3.05) is 12.4 Å². The summed E-state index contributed by atoms with van der Waals surface area (Å²) in [6, 6.07) is 4.98. The van der Waals surface area contributed by atoms with Crippen molar-refractivity contribution in [3.05, 3.63) is 30.1 Å². The summed E-state index contributed by atoms with van der Waals surface area (Å²) in [7, 11) is 1.80. The highest BCUT2D eigenvalue weighted by molar-refractivity contribution is 7.99. The van der Waals surface area contributed by atoms with Crippen molar-refractivity contribution >= 4 is 29.9 Å². The van der Waals surface area contributed by atoms with Gasteiger partial charge in [0.05, 0.1) is 18.6 Å². The number of nitrogens with one attached hydrogen (secondary N) is 1. The minimum absolute atomic E-state index is 0.166. The summed E-state index contributed by atoms with van der Waals surface area (Å²) in [4.78, 5) is 22.9. The van der Waals surface area contributed by atoms with Gasteiger partial charge in [0.1, 0.15) is 6.33 Å². The number of hydrazone groups is 1. The summed E-state index contributed by atoms with van der Waals surface area (Å²) < 4.78 is 12.3. The second-order valence-electron chi connectivity index (χ2n) is 5.04. The molecule has 0 bridgehead atoms. The number of amides is 1. The molecule has 0 spiro atoms. The largest absolute Gasteiger partial charge is 0.490 e. The molecule has 0 aliphatic carbocycles. The maximum atomic E-state index is 11.8. The number of hydrogen-bond donors (Lipinski definition) is 1. The summed E-state index contributed by atoms with van der Waals surface area (Å²) >= 11 is 1.26. The molecule has 2 aromatic rings. The Kier molecular flexibility index (Phi) is 7.15. The molecule has 0 aliphatic rings. The molecule has 1 aromatic heterocycles. The lowest BCUT2D eigenvalue weighted by molar-refractivity contribution is -0.132. The Morgan fingerprint density at radius 1 is 1.38 bits per heavy atom. The Morgan fingerprint density at radius 3 is 2.85 bits per heavy atom. The third-order valence-electron chi connectivity index (χ3n) is 2.93. The first-order valence-electron chi connectivity index (χ1n) is 7.73. The topological polar surface area (TPSA) is 108 Å². The Bertz CT molecular complexity index is 806. The van der Waals surface area contributed by atoms with Crippen LogP contribution in [0.15, 0.2) is 34.8 Å². The predicted molar refractivity (Wildman–Crippen MR) is 96.4 cm³/mol. The zero-order valence-corrected chi connectivity index (χ0v) is 15.4. The van der Waals surface area contributed by atoms with Crippen molar-refractivity contribution in [2.24, 2.45) is 12.1 Å². The van der Waals surface area contributed by atoms with Crippen LogP contribution in [-0.4, -0.2) is 45.2 Å². The molecule has 10 heteroatoms. The summed E-state index contributed by atoms with van der Waals surface area (Å²) in [5, 5.41) is 12.2. The molecule has 0 fully saturated rings. The van der Waals surface area contributed by atoms with Crippen molar-refractivity contribution in [3.63, 3.8) is 0 Å². The second-order valence-corrected chi connectivity index (χ2v) is 5.98. The van der Waals surface area contributed by atoms with Gasteiger partial charge in [0.2, 0.25) is 0 Å². The van der Waals surface area contributed by atoms with Gasteiger partial charge >= 0.3 is 5.97 Å². The van der Waals surface area contributed by atoms with E-state index in [9.17, 15) is 9.59 Å². The molecule has 1 amide bonds. The molecule has 9 nitrogen and oxygen atoms in total. The van der Waals surface area contributed by atoms with Crippen LogP contribution in [0.5, 0.6) is 11.5 Å². The monoisotopic (exact) mass is 377 g/mol. The van der Waals surface area contributed by atoms with Crippen LogP contribution >= 0.6 is 11.8 Å². The van der Waals surface area contributed by atoms with Crippen LogP contribution in [0.3, 0.4) is 0 Å². The molecule has 1 aromatic carbocycles. The molecule has 0 radical (unpaired) electrons. The fourth-order valence-electron chi connectivity index (χ4n) is 1.86. The van der Waals surface area contributed by atoms with E-state index in [1.54, 1.807) is 36.1 Å². The smallest absolute Gasteiger partial charge is 0.308 e. The lowest BCUT2D eigenvalue weighted by Crippen LogP contribution is -2.19. The Labute approximate surface area is 154 Å². The van der Waals surface area contributed by atoms with E-state index in [0.29, 0.717) is 28.8 Å². The zero-order chi connectivity index (χ0) is 18.9. The minimum atomic E-state index is -0.431. The van der Waals surface area contributed by atoms with Crippen LogP contribution in [-0.2, 0) is 16.6 Å². The fraction of sp³-hybridized carbons (Fsp3) is 0.312. The number of carbonyl (C=O) groups excluding carboxylic acids is 2. The highest BCUT2D eigenvalue weighted by Crippen LogP contribution is 2.28. The number of ether oxygens (including phenoxy) is 2. The van der Waals surface area contributed by atoms with Gasteiger partial charge < -0.3 is 14.0 Å². The second kappa shape index (κ2) is 9.56. The zero-order valence-electron chi connectivity index (χ0n) is 14.6. The standard InChI is InChI=1S/C16H19N5O4S/c1-4-24-14-7-12(5-6-13(14)25-11(2)22)8-17-19-15(23)9-26-16-20-18-10-21(16)3/h5-8,10H,4,9H2,1-3H3,(H,19,23)/b17-8+. The van der Waals surface area contributed by atoms with Gasteiger partial charge in [-0.15, -0.1) is 10.2 Å². The summed E-state index contributed by atoms with van der Waals surface area (Å²) in [5.74, 6) is 0.228. The average molecular weight is 377 g/mol. The van der Waals surface area contributed by atoms with Gasteiger partial charge in [0, 0.05) is 14.0 Å². The molecule has 2 rings (SSSR count). The van der Waals surface area contributed by atoms with E-state index in [2.05, 4.69) is 20.7 Å². The molecule has 0 saturated heterocycles. The van der Waals surface area contributed by atoms with E-state index in [-0.39, 0.29) is 11.7 Å². The number of rotatable bonds is 8. The molecule has 0 aliphatic heterocycles. The molecule has 1 N–H and O–H groups in total. The summed E-state index contributed by atoms with van der Waals surface area (Å²) in [6.07, 6.45) is 3.04. The fourth-order valence-corrected chi connectivity index (χ4v) is 2.54. The van der Waals surface area contributed by atoms with E-state index < -0.39 is 5.97 Å². The van der Waals surface area contributed by atoms with Gasteiger partial charge in [-0.2, -0.15) is 5.10 Å². The van der Waals surface area contributed by atoms with Gasteiger partial charge in [0.25, 0.3) is 5.91 Å². The number of thioether (sulfide) groups is 1. The number of carbonyl (C=O) groups is 2. The lowest BCUT2D eigenvalue weighted by atomic mass is 10.2. The maximum Gasteiger partial charge on any atom is 0.308 e. The van der Waals surface area contributed by atoms with E-state index in [1.165, 1.54) is 24.9 Å². The minimum Gasteiger partial charge on any atom is -0.490 e. The van der Waals surface area contributed by atoms with Crippen LogP contribution in [0.2, 0.25) is 0 Å². The van der Waals surface area contributed by atoms with Crippen LogP contribution in [0.25, 0.3) is 0 Å². The third-order valence-corrected chi connectivity index (χ3v) is 3.96. The van der Waals surface area contributed by atoms with E-state index >= 15 is 0 Å². The molecule has 0 saturated carbocycles. The van der Waals surface area contributed by atoms with Gasteiger partial charge in [-0.05, 0) is 30.7 Å². The molecule has 138 valence electrons. The van der Waals surface area contributed by atoms with E-state index in [0.717, 1.165) is 0 Å². The van der Waals surface area contributed by atoms with Crippen LogP contribution < -0.4 is 14.9 Å². The number of nitrogens with zero attached hydrogens (tertiary/aromatic N) is 4. The lowest BCUT2D eigenvalue weighted by Gasteiger charge is -2.10. The van der Waals surface area contributed by atoms with Crippen molar-refractivity contribution in [1.29, 1.82) is 0 Å². The first-order chi connectivity index (χ1) is 12.5. The van der Waals surface area contributed by atoms with Crippen molar-refractivity contribution in [2.45, 2.75) is 19.0 Å². The van der Waals surface area contributed by atoms with Gasteiger partial charge in [-0.25, -0.2) is 5.43 Å². The first kappa shape index (κ1) is 19.4. The number of aryl methyl sites for hydroxylation is 1. The first-order valence-corrected chi connectivity index (χ1v) is 8.72. The molecule has 0 atom stereocenters. The van der Waals surface area contributed by atoms with Gasteiger partial charge in [-0.3, -0.25) is 9.59 Å². The van der Waals surface area contributed by atoms with E-state index in [4.69, 9.17) is 9.47 Å².